The molecule has 1 aromatic carbocycles. The molecule has 2 aliphatic rings. The van der Waals surface area contributed by atoms with E-state index in [-0.39, 0.29) is 0 Å². The largest absolute Gasteiger partial charge is 0.494 e. The Morgan fingerprint density at radius 2 is 2.00 bits per heavy atom. The molecule has 0 amide bonds. The molecule has 22 heavy (non-hydrogen) atoms. The molecule has 0 saturated carbocycles. The lowest BCUT2D eigenvalue weighted by Crippen LogP contribution is -2.50. The molecule has 0 aliphatic carbocycles. The lowest BCUT2D eigenvalue weighted by atomic mass is 9.94. The van der Waals surface area contributed by atoms with Crippen molar-refractivity contribution in [2.45, 2.75) is 32.9 Å². The van der Waals surface area contributed by atoms with Gasteiger partial charge in [-0.2, -0.15) is 0 Å². The molecular weight excluding hydrogens is 274 g/mol. The second-order valence-corrected chi connectivity index (χ2v) is 6.32. The minimum absolute atomic E-state index is 0.517. The molecule has 0 spiro atoms. The van der Waals surface area contributed by atoms with E-state index in [9.17, 15) is 0 Å². The third-order valence-electron chi connectivity index (χ3n) is 4.83. The van der Waals surface area contributed by atoms with Crippen LogP contribution in [0.25, 0.3) is 0 Å². The molecule has 1 aromatic rings. The molecule has 0 bridgehead atoms. The Morgan fingerprint density at radius 3 is 2.73 bits per heavy atom. The zero-order valence-corrected chi connectivity index (χ0v) is 14.0. The van der Waals surface area contributed by atoms with Gasteiger partial charge in [-0.3, -0.25) is 4.90 Å². The molecule has 1 N–H and O–H groups in total. The van der Waals surface area contributed by atoms with Crippen LogP contribution in [0.5, 0.6) is 5.75 Å². The monoisotopic (exact) mass is 303 g/mol. The van der Waals surface area contributed by atoms with Crippen LogP contribution in [-0.2, 0) is 6.54 Å². The van der Waals surface area contributed by atoms with Gasteiger partial charge >= 0.3 is 0 Å². The van der Waals surface area contributed by atoms with Gasteiger partial charge in [-0.25, -0.2) is 0 Å². The molecule has 122 valence electrons. The second-order valence-electron chi connectivity index (χ2n) is 6.32. The fourth-order valence-electron chi connectivity index (χ4n) is 3.71. The summed E-state index contributed by atoms with van der Waals surface area (Å²) in [4.78, 5) is 5.24. The molecule has 1 saturated heterocycles. The van der Waals surface area contributed by atoms with Gasteiger partial charge in [0.25, 0.3) is 0 Å². The van der Waals surface area contributed by atoms with E-state index in [1.165, 1.54) is 50.3 Å². The second kappa shape index (κ2) is 7.44. The Hall–Kier alpha value is -1.10. The SMILES string of the molecule is CCCN1CCN([C@@H]2CNCc3cc(OCC)ccc32)CC1. The first-order chi connectivity index (χ1) is 10.8. The van der Waals surface area contributed by atoms with Crippen molar-refractivity contribution in [3.63, 3.8) is 0 Å². The zero-order valence-electron chi connectivity index (χ0n) is 14.0. The quantitative estimate of drug-likeness (QED) is 0.903. The highest BCUT2D eigenvalue weighted by atomic mass is 16.5. The number of nitrogens with one attached hydrogen (secondary N) is 1. The molecule has 1 fully saturated rings. The molecule has 4 nitrogen and oxygen atoms in total. The maximum Gasteiger partial charge on any atom is 0.119 e. The highest BCUT2D eigenvalue weighted by molar-refractivity contribution is 5.39. The molecule has 2 aliphatic heterocycles. The Bertz CT molecular complexity index is 483. The van der Waals surface area contributed by atoms with Gasteiger partial charge in [-0.15, -0.1) is 0 Å². The lowest BCUT2D eigenvalue weighted by Gasteiger charge is -2.41. The number of fused-ring (bicyclic) bond motifs is 1. The summed E-state index contributed by atoms with van der Waals surface area (Å²) >= 11 is 0. The van der Waals surface area contributed by atoms with Crippen molar-refractivity contribution in [3.05, 3.63) is 29.3 Å². The van der Waals surface area contributed by atoms with Crippen LogP contribution < -0.4 is 10.1 Å². The Kier molecular flexibility index (Phi) is 5.34. The lowest BCUT2D eigenvalue weighted by molar-refractivity contribution is 0.0917. The summed E-state index contributed by atoms with van der Waals surface area (Å²) in [6.45, 7) is 13.1. The number of piperazine rings is 1. The summed E-state index contributed by atoms with van der Waals surface area (Å²) in [7, 11) is 0. The van der Waals surface area contributed by atoms with Gasteiger partial charge in [0.05, 0.1) is 6.61 Å². The van der Waals surface area contributed by atoms with Gasteiger partial charge in [0.15, 0.2) is 0 Å². The van der Waals surface area contributed by atoms with Crippen molar-refractivity contribution in [2.24, 2.45) is 0 Å². The summed E-state index contributed by atoms with van der Waals surface area (Å²) in [5.41, 5.74) is 2.89. The first-order valence-electron chi connectivity index (χ1n) is 8.74. The predicted octanol–water partition coefficient (Wildman–Crippen LogP) is 2.26. The van der Waals surface area contributed by atoms with Crippen LogP contribution in [-0.4, -0.2) is 55.7 Å². The van der Waals surface area contributed by atoms with Crippen LogP contribution in [0.4, 0.5) is 0 Å². The van der Waals surface area contributed by atoms with Gasteiger partial charge in [-0.05, 0) is 43.1 Å². The normalized spacial score (nSPS) is 23.3. The fraction of sp³-hybridized carbons (Fsp3) is 0.667. The summed E-state index contributed by atoms with van der Waals surface area (Å²) in [6, 6.07) is 7.15. The van der Waals surface area contributed by atoms with Gasteiger partial charge in [0.1, 0.15) is 5.75 Å². The van der Waals surface area contributed by atoms with E-state index in [0.29, 0.717) is 6.04 Å². The summed E-state index contributed by atoms with van der Waals surface area (Å²) < 4.78 is 5.65. The molecule has 1 atom stereocenters. The maximum absolute atomic E-state index is 5.65. The number of nitrogens with zero attached hydrogens (tertiary/aromatic N) is 2. The molecule has 2 heterocycles. The van der Waals surface area contributed by atoms with E-state index < -0.39 is 0 Å². The Labute approximate surface area is 134 Å². The topological polar surface area (TPSA) is 27.7 Å². The van der Waals surface area contributed by atoms with E-state index in [2.05, 4.69) is 40.2 Å². The zero-order chi connectivity index (χ0) is 15.4. The fourth-order valence-corrected chi connectivity index (χ4v) is 3.71. The minimum atomic E-state index is 0.517. The summed E-state index contributed by atoms with van der Waals surface area (Å²) in [5, 5.41) is 3.58. The van der Waals surface area contributed by atoms with Crippen LogP contribution in [0.15, 0.2) is 18.2 Å². The van der Waals surface area contributed by atoms with Gasteiger partial charge in [-0.1, -0.05) is 13.0 Å². The van der Waals surface area contributed by atoms with E-state index in [1.807, 2.05) is 6.92 Å². The highest BCUT2D eigenvalue weighted by Gasteiger charge is 2.28. The molecule has 0 radical (unpaired) electrons. The molecule has 0 unspecified atom stereocenters. The van der Waals surface area contributed by atoms with Crippen molar-refractivity contribution in [1.29, 1.82) is 0 Å². The third kappa shape index (κ3) is 3.45. The molecular formula is C18H29N3O. The van der Waals surface area contributed by atoms with Crippen molar-refractivity contribution in [1.82, 2.24) is 15.1 Å². The third-order valence-corrected chi connectivity index (χ3v) is 4.83. The smallest absolute Gasteiger partial charge is 0.119 e. The average Bonchev–Trinajstić information content (AvgIpc) is 2.55. The first-order valence-corrected chi connectivity index (χ1v) is 8.74. The van der Waals surface area contributed by atoms with Crippen molar-refractivity contribution < 1.29 is 4.74 Å². The number of benzene rings is 1. The highest BCUT2D eigenvalue weighted by Crippen LogP contribution is 2.30. The minimum Gasteiger partial charge on any atom is -0.494 e. The van der Waals surface area contributed by atoms with Crippen LogP contribution in [0.2, 0.25) is 0 Å². The average molecular weight is 303 g/mol. The van der Waals surface area contributed by atoms with Gasteiger partial charge in [0.2, 0.25) is 0 Å². The van der Waals surface area contributed by atoms with Crippen molar-refractivity contribution in [3.8, 4) is 5.75 Å². The molecule has 0 aromatic heterocycles. The first kappa shape index (κ1) is 15.8. The Balaban J connectivity index is 1.69. The van der Waals surface area contributed by atoms with E-state index >= 15 is 0 Å². The Morgan fingerprint density at radius 1 is 1.18 bits per heavy atom. The van der Waals surface area contributed by atoms with Gasteiger partial charge in [0, 0.05) is 45.3 Å². The van der Waals surface area contributed by atoms with E-state index in [4.69, 9.17) is 4.74 Å². The number of ether oxygens (including phenoxy) is 1. The molecule has 3 rings (SSSR count). The predicted molar refractivity (Wildman–Crippen MR) is 90.4 cm³/mol. The number of hydrogen-bond donors (Lipinski definition) is 1. The van der Waals surface area contributed by atoms with Crippen LogP contribution in [0, 0.1) is 0 Å². The number of rotatable bonds is 5. The van der Waals surface area contributed by atoms with Crippen molar-refractivity contribution in [2.75, 3.05) is 45.9 Å². The van der Waals surface area contributed by atoms with Crippen LogP contribution >= 0.6 is 0 Å². The maximum atomic E-state index is 5.65. The van der Waals surface area contributed by atoms with E-state index in [1.54, 1.807) is 0 Å². The standard InChI is InChI=1S/C18H29N3O/c1-3-7-20-8-10-21(11-9-20)18-14-19-13-15-12-16(22-4-2)5-6-17(15)18/h5-6,12,18-19H,3-4,7-11,13-14H2,1-2H3/t18-/m1/s1. The number of hydrogen-bond acceptors (Lipinski definition) is 4. The van der Waals surface area contributed by atoms with Crippen LogP contribution in [0.3, 0.4) is 0 Å². The van der Waals surface area contributed by atoms with Gasteiger partial charge < -0.3 is 15.0 Å². The van der Waals surface area contributed by atoms with Crippen molar-refractivity contribution >= 4 is 0 Å². The van der Waals surface area contributed by atoms with Crippen LogP contribution in [0.1, 0.15) is 37.4 Å². The summed E-state index contributed by atoms with van der Waals surface area (Å²) in [6.07, 6.45) is 1.26. The summed E-state index contributed by atoms with van der Waals surface area (Å²) in [5.74, 6) is 0.997. The van der Waals surface area contributed by atoms with E-state index in [0.717, 1.165) is 25.4 Å². The molecule has 4 heteroatoms.